The number of amides is 1. The fourth-order valence-corrected chi connectivity index (χ4v) is 3.35. The van der Waals surface area contributed by atoms with Gasteiger partial charge in [0.05, 0.1) is 11.8 Å². The summed E-state index contributed by atoms with van der Waals surface area (Å²) in [4.78, 5) is 12.3. The van der Waals surface area contributed by atoms with Crippen LogP contribution in [0.1, 0.15) is 42.1 Å². The molecule has 2 heterocycles. The van der Waals surface area contributed by atoms with Gasteiger partial charge in [0.2, 0.25) is 5.76 Å². The maximum atomic E-state index is 12.3. The van der Waals surface area contributed by atoms with Crippen molar-refractivity contribution in [3.8, 4) is 11.3 Å². The van der Waals surface area contributed by atoms with E-state index < -0.39 is 6.10 Å². The van der Waals surface area contributed by atoms with Crippen molar-refractivity contribution in [2.45, 2.75) is 38.5 Å². The maximum absolute atomic E-state index is 12.3. The van der Waals surface area contributed by atoms with Crippen molar-refractivity contribution in [2.24, 2.45) is 5.92 Å². The van der Waals surface area contributed by atoms with Gasteiger partial charge in [0.25, 0.3) is 5.91 Å². The molecule has 27 heavy (non-hydrogen) atoms. The number of rotatable bonds is 6. The minimum Gasteiger partial charge on any atom is -0.387 e. The number of carbonyl (C=O) groups is 1. The zero-order chi connectivity index (χ0) is 18.8. The van der Waals surface area contributed by atoms with Crippen molar-refractivity contribution in [3.63, 3.8) is 0 Å². The molecule has 1 aliphatic rings. The Labute approximate surface area is 157 Å². The third-order valence-electron chi connectivity index (χ3n) is 4.91. The Morgan fingerprint density at radius 3 is 2.81 bits per heavy atom. The average Bonchev–Trinajstić information content (AvgIpc) is 3.30. The van der Waals surface area contributed by atoms with Gasteiger partial charge in [-0.15, -0.1) is 0 Å². The van der Waals surface area contributed by atoms with Gasteiger partial charge in [-0.25, -0.2) is 0 Å². The number of nitrogens with zero attached hydrogens (tertiary/aromatic N) is 3. The van der Waals surface area contributed by atoms with Crippen molar-refractivity contribution < 1.29 is 14.4 Å². The molecule has 7 nitrogen and oxygen atoms in total. The Kier molecular flexibility index (Phi) is 4.77. The van der Waals surface area contributed by atoms with Crippen molar-refractivity contribution in [1.82, 2.24) is 20.3 Å². The summed E-state index contributed by atoms with van der Waals surface area (Å²) in [6.07, 6.45) is 3.13. The fourth-order valence-electron chi connectivity index (χ4n) is 3.35. The number of hydrogen-bond acceptors (Lipinski definition) is 5. The molecule has 0 saturated heterocycles. The summed E-state index contributed by atoms with van der Waals surface area (Å²) in [5, 5.41) is 20.9. The van der Waals surface area contributed by atoms with E-state index in [1.54, 1.807) is 13.0 Å². The van der Waals surface area contributed by atoms with Gasteiger partial charge in [-0.3, -0.25) is 9.48 Å². The lowest BCUT2D eigenvalue weighted by molar-refractivity contribution is 0.0842. The second-order valence-corrected chi connectivity index (χ2v) is 7.09. The predicted molar refractivity (Wildman–Crippen MR) is 98.8 cm³/mol. The van der Waals surface area contributed by atoms with Crippen LogP contribution in [0.2, 0.25) is 0 Å². The van der Waals surface area contributed by atoms with E-state index in [0.717, 1.165) is 24.9 Å². The Morgan fingerprint density at radius 2 is 2.11 bits per heavy atom. The molecule has 7 heteroatoms. The van der Waals surface area contributed by atoms with Crippen LogP contribution in [-0.2, 0) is 6.54 Å². The van der Waals surface area contributed by atoms with Crippen LogP contribution in [0.5, 0.6) is 0 Å². The van der Waals surface area contributed by atoms with Crippen molar-refractivity contribution >= 4 is 5.91 Å². The molecular formula is C20H22N4O3. The molecule has 1 amide bonds. The average molecular weight is 366 g/mol. The molecule has 0 radical (unpaired) electrons. The van der Waals surface area contributed by atoms with E-state index in [4.69, 9.17) is 4.52 Å². The predicted octanol–water partition coefficient (Wildman–Crippen LogP) is 2.80. The summed E-state index contributed by atoms with van der Waals surface area (Å²) in [6.45, 7) is 2.49. The first-order chi connectivity index (χ1) is 13.1. The molecule has 0 spiro atoms. The molecule has 2 N–H and O–H groups in total. The number of aromatic nitrogens is 3. The van der Waals surface area contributed by atoms with Crippen molar-refractivity contribution in [1.29, 1.82) is 0 Å². The number of hydrogen-bond donors (Lipinski definition) is 2. The van der Waals surface area contributed by atoms with E-state index in [0.29, 0.717) is 17.3 Å². The first-order valence-electron chi connectivity index (χ1n) is 9.13. The molecule has 1 aromatic carbocycles. The van der Waals surface area contributed by atoms with E-state index in [1.165, 1.54) is 0 Å². The van der Waals surface area contributed by atoms with Crippen LogP contribution in [0.4, 0.5) is 0 Å². The summed E-state index contributed by atoms with van der Waals surface area (Å²) < 4.78 is 7.05. The zero-order valence-corrected chi connectivity index (χ0v) is 15.1. The quantitative estimate of drug-likeness (QED) is 0.700. The van der Waals surface area contributed by atoms with Gasteiger partial charge >= 0.3 is 0 Å². The summed E-state index contributed by atoms with van der Waals surface area (Å²) >= 11 is 0. The molecular weight excluding hydrogens is 344 g/mol. The topological polar surface area (TPSA) is 93.2 Å². The summed E-state index contributed by atoms with van der Waals surface area (Å²) in [5.41, 5.74) is 2.25. The Balaban J connectivity index is 1.27. The van der Waals surface area contributed by atoms with Gasteiger partial charge in [-0.05, 0) is 31.7 Å². The largest absolute Gasteiger partial charge is 0.387 e. The number of benzene rings is 1. The summed E-state index contributed by atoms with van der Waals surface area (Å²) in [5.74, 6) is 0.459. The minimum atomic E-state index is -0.553. The van der Waals surface area contributed by atoms with Gasteiger partial charge in [0.1, 0.15) is 5.69 Å². The van der Waals surface area contributed by atoms with Gasteiger partial charge in [-0.1, -0.05) is 35.5 Å². The molecule has 1 fully saturated rings. The van der Waals surface area contributed by atoms with Gasteiger partial charge < -0.3 is 14.9 Å². The number of carbonyl (C=O) groups excluding carboxylic acids is 1. The van der Waals surface area contributed by atoms with E-state index >= 15 is 0 Å². The van der Waals surface area contributed by atoms with E-state index in [2.05, 4.69) is 15.6 Å². The molecule has 1 aliphatic carbocycles. The third-order valence-corrected chi connectivity index (χ3v) is 4.91. The number of aliphatic hydroxyl groups is 1. The van der Waals surface area contributed by atoms with Crippen LogP contribution in [0, 0.1) is 5.92 Å². The van der Waals surface area contributed by atoms with Crippen LogP contribution in [0.3, 0.4) is 0 Å². The molecule has 4 rings (SSSR count). The van der Waals surface area contributed by atoms with Crippen molar-refractivity contribution in [3.05, 3.63) is 60.1 Å². The van der Waals surface area contributed by atoms with Gasteiger partial charge in [-0.2, -0.15) is 5.10 Å². The summed E-state index contributed by atoms with van der Waals surface area (Å²) in [7, 11) is 0. The molecule has 1 saturated carbocycles. The standard InChI is InChI=1S/C20H22N4O3/c1-13(25)17-7-8-24(22-17)12-14-9-16(10-14)21-20(26)19-11-18(23-27-19)15-5-3-2-4-6-15/h2-8,11,13-14,16,25H,9-10,12H2,1H3,(H,21,26)/t13?,14-,16+. The lowest BCUT2D eigenvalue weighted by Gasteiger charge is -2.35. The molecule has 0 bridgehead atoms. The lowest BCUT2D eigenvalue weighted by atomic mass is 9.80. The van der Waals surface area contributed by atoms with E-state index in [-0.39, 0.29) is 17.7 Å². The van der Waals surface area contributed by atoms with Crippen LogP contribution in [0.15, 0.2) is 53.2 Å². The van der Waals surface area contributed by atoms with Crippen LogP contribution in [0.25, 0.3) is 11.3 Å². The fraction of sp³-hybridized carbons (Fsp3) is 0.350. The maximum Gasteiger partial charge on any atom is 0.290 e. The molecule has 3 aromatic rings. The molecule has 140 valence electrons. The van der Waals surface area contributed by atoms with Gasteiger partial charge in [0.15, 0.2) is 0 Å². The van der Waals surface area contributed by atoms with E-state index in [1.807, 2.05) is 47.3 Å². The highest BCUT2D eigenvalue weighted by Gasteiger charge is 2.31. The number of aliphatic hydroxyl groups excluding tert-OH is 1. The lowest BCUT2D eigenvalue weighted by Crippen LogP contribution is -2.45. The highest BCUT2D eigenvalue weighted by Crippen LogP contribution is 2.29. The van der Waals surface area contributed by atoms with E-state index in [9.17, 15) is 9.90 Å². The second-order valence-electron chi connectivity index (χ2n) is 7.09. The SMILES string of the molecule is CC(O)c1ccn(C[C@H]2C[C@@H](NC(=O)c3cc(-c4ccccc4)no3)C2)n1. The van der Waals surface area contributed by atoms with Crippen LogP contribution < -0.4 is 5.32 Å². The van der Waals surface area contributed by atoms with Crippen LogP contribution >= 0.6 is 0 Å². The first-order valence-corrected chi connectivity index (χ1v) is 9.13. The molecule has 1 unspecified atom stereocenters. The Hall–Kier alpha value is -2.93. The minimum absolute atomic E-state index is 0.138. The summed E-state index contributed by atoms with van der Waals surface area (Å²) in [6, 6.07) is 13.3. The third kappa shape index (κ3) is 3.93. The normalized spacial score (nSPS) is 20.1. The highest BCUT2D eigenvalue weighted by atomic mass is 16.5. The first kappa shape index (κ1) is 17.5. The molecule has 1 atom stereocenters. The second kappa shape index (κ2) is 7.36. The number of nitrogens with one attached hydrogen (secondary N) is 1. The smallest absolute Gasteiger partial charge is 0.290 e. The zero-order valence-electron chi connectivity index (χ0n) is 15.1. The van der Waals surface area contributed by atoms with Crippen molar-refractivity contribution in [2.75, 3.05) is 0 Å². The van der Waals surface area contributed by atoms with Crippen LogP contribution in [-0.4, -0.2) is 32.0 Å². The monoisotopic (exact) mass is 366 g/mol. The molecule has 0 aliphatic heterocycles. The Morgan fingerprint density at radius 1 is 1.33 bits per heavy atom. The van der Waals surface area contributed by atoms with Gasteiger partial charge in [0, 0.05) is 30.4 Å². The Bertz CT molecular complexity index is 910. The highest BCUT2D eigenvalue weighted by molar-refractivity contribution is 5.92. The molecule has 2 aromatic heterocycles.